The summed E-state index contributed by atoms with van der Waals surface area (Å²) in [5.41, 5.74) is 4.44. The highest BCUT2D eigenvalue weighted by Gasteiger charge is 2.40. The Balaban J connectivity index is 1.16. The van der Waals surface area contributed by atoms with E-state index in [1.807, 2.05) is 6.20 Å². The predicted molar refractivity (Wildman–Crippen MR) is 131 cm³/mol. The molecule has 3 aliphatic heterocycles. The van der Waals surface area contributed by atoms with Crippen molar-refractivity contribution in [1.82, 2.24) is 25.7 Å². The number of fused-ring (bicyclic) bond motifs is 2. The van der Waals surface area contributed by atoms with Crippen LogP contribution in [0.3, 0.4) is 0 Å². The minimum Gasteiger partial charge on any atom is -0.376 e. The number of H-pyrrole nitrogens is 1. The van der Waals surface area contributed by atoms with Crippen LogP contribution in [0.5, 0.6) is 0 Å². The van der Waals surface area contributed by atoms with Crippen molar-refractivity contribution in [3.05, 3.63) is 64.4 Å². The number of nitrogens with zero attached hydrogens (tertiary/aromatic N) is 2. The molecule has 0 radical (unpaired) electrons. The van der Waals surface area contributed by atoms with Crippen molar-refractivity contribution in [3.8, 4) is 0 Å². The van der Waals surface area contributed by atoms with Crippen LogP contribution in [0.2, 0.25) is 0 Å². The second-order valence-corrected chi connectivity index (χ2v) is 10.5. The van der Waals surface area contributed by atoms with E-state index in [1.165, 1.54) is 16.2 Å². The monoisotopic (exact) mass is 493 g/mol. The maximum absolute atomic E-state index is 15.7. The number of carbonyl (C=O) groups is 2. The van der Waals surface area contributed by atoms with Gasteiger partial charge in [-0.25, -0.2) is 4.39 Å². The van der Waals surface area contributed by atoms with Gasteiger partial charge in [0, 0.05) is 54.1 Å². The minimum absolute atomic E-state index is 0.111. The van der Waals surface area contributed by atoms with Crippen LogP contribution in [-0.4, -0.2) is 57.7 Å². The second kappa shape index (κ2) is 9.44. The lowest BCUT2D eigenvalue weighted by Crippen LogP contribution is -2.51. The van der Waals surface area contributed by atoms with E-state index in [-0.39, 0.29) is 36.3 Å². The highest BCUT2D eigenvalue weighted by Crippen LogP contribution is 2.32. The average molecular weight is 494 g/mol. The molecule has 3 N–H and O–H groups in total. The summed E-state index contributed by atoms with van der Waals surface area (Å²) in [5.74, 6) is -0.883. The van der Waals surface area contributed by atoms with E-state index in [0.717, 1.165) is 32.1 Å². The van der Waals surface area contributed by atoms with E-state index < -0.39 is 6.04 Å². The topological polar surface area (TPSA) is 99.3 Å². The molecule has 0 bridgehead atoms. The molecule has 1 aromatic heterocycles. The van der Waals surface area contributed by atoms with E-state index in [2.05, 4.69) is 27.4 Å². The molecular formula is C27H32FN5O3. The Morgan fingerprint density at radius 1 is 1.22 bits per heavy atom. The van der Waals surface area contributed by atoms with Crippen molar-refractivity contribution in [2.45, 2.75) is 82.1 Å². The van der Waals surface area contributed by atoms with Crippen LogP contribution >= 0.6 is 0 Å². The number of benzene rings is 1. The van der Waals surface area contributed by atoms with Gasteiger partial charge in [0.2, 0.25) is 5.91 Å². The van der Waals surface area contributed by atoms with Gasteiger partial charge in [-0.2, -0.15) is 5.10 Å². The van der Waals surface area contributed by atoms with Crippen molar-refractivity contribution in [3.63, 3.8) is 0 Å². The van der Waals surface area contributed by atoms with Gasteiger partial charge < -0.3 is 20.3 Å². The summed E-state index contributed by atoms with van der Waals surface area (Å²) in [5, 5.41) is 13.8. The number of amides is 2. The molecule has 6 rings (SSSR count). The zero-order valence-electron chi connectivity index (χ0n) is 20.3. The van der Waals surface area contributed by atoms with Crippen molar-refractivity contribution in [1.29, 1.82) is 0 Å². The van der Waals surface area contributed by atoms with Gasteiger partial charge >= 0.3 is 0 Å². The van der Waals surface area contributed by atoms with Crippen LogP contribution in [0.1, 0.15) is 64.8 Å². The zero-order chi connectivity index (χ0) is 24.8. The molecule has 4 heterocycles. The van der Waals surface area contributed by atoms with Gasteiger partial charge in [0.15, 0.2) is 0 Å². The molecule has 0 spiro atoms. The van der Waals surface area contributed by atoms with E-state index in [0.29, 0.717) is 54.3 Å². The highest BCUT2D eigenvalue weighted by atomic mass is 19.1. The Bertz CT molecular complexity index is 1210. The number of hydrogen-bond donors (Lipinski definition) is 3. The summed E-state index contributed by atoms with van der Waals surface area (Å²) in [6.45, 7) is 4.58. The smallest absolute Gasteiger partial charge is 0.255 e. The van der Waals surface area contributed by atoms with Crippen LogP contribution in [0.4, 0.5) is 4.39 Å². The fraction of sp³-hybridized carbons (Fsp3) is 0.519. The third-order valence-corrected chi connectivity index (χ3v) is 8.17. The first-order valence-electron chi connectivity index (χ1n) is 13.0. The zero-order valence-corrected chi connectivity index (χ0v) is 20.3. The normalized spacial score (nSPS) is 28.1. The minimum atomic E-state index is -0.598. The fourth-order valence-electron chi connectivity index (χ4n) is 6.19. The van der Waals surface area contributed by atoms with Gasteiger partial charge in [-0.1, -0.05) is 12.6 Å². The Labute approximate surface area is 209 Å². The van der Waals surface area contributed by atoms with Gasteiger partial charge in [-0.15, -0.1) is 0 Å². The molecule has 2 amide bonds. The van der Waals surface area contributed by atoms with E-state index in [1.54, 1.807) is 12.1 Å². The Hall–Kier alpha value is -3.04. The third-order valence-electron chi connectivity index (χ3n) is 8.17. The number of hydrogen-bond acceptors (Lipinski definition) is 5. The summed E-state index contributed by atoms with van der Waals surface area (Å²) in [4.78, 5) is 27.0. The summed E-state index contributed by atoms with van der Waals surface area (Å²) in [6.07, 6.45) is 8.24. The van der Waals surface area contributed by atoms with E-state index in [4.69, 9.17) is 4.74 Å². The number of piperidine rings is 1. The summed E-state index contributed by atoms with van der Waals surface area (Å²) in [7, 11) is 0. The molecule has 190 valence electrons. The number of carbonyl (C=O) groups excluding carboxylic acids is 2. The highest BCUT2D eigenvalue weighted by molar-refractivity contribution is 6.01. The number of nitrogens with one attached hydrogen (secondary N) is 3. The van der Waals surface area contributed by atoms with E-state index in [9.17, 15) is 9.59 Å². The molecule has 1 unspecified atom stereocenters. The molecule has 4 atom stereocenters. The summed E-state index contributed by atoms with van der Waals surface area (Å²) >= 11 is 0. The van der Waals surface area contributed by atoms with Crippen LogP contribution in [-0.2, 0) is 35.3 Å². The van der Waals surface area contributed by atoms with E-state index >= 15 is 4.39 Å². The van der Waals surface area contributed by atoms with Gasteiger partial charge in [0.05, 0.1) is 18.8 Å². The summed E-state index contributed by atoms with van der Waals surface area (Å²) < 4.78 is 21.9. The van der Waals surface area contributed by atoms with Crippen molar-refractivity contribution < 1.29 is 18.7 Å². The molecule has 4 aliphatic rings. The maximum atomic E-state index is 15.7. The second-order valence-electron chi connectivity index (χ2n) is 10.5. The number of aryl methyl sites for hydroxylation is 1. The Morgan fingerprint density at radius 2 is 2.11 bits per heavy atom. The fourth-order valence-corrected chi connectivity index (χ4v) is 6.19. The Kier molecular flexibility index (Phi) is 6.13. The molecule has 2 saturated heterocycles. The first-order valence-corrected chi connectivity index (χ1v) is 13.0. The molecular weight excluding hydrogens is 461 g/mol. The lowest BCUT2D eigenvalue weighted by molar-refractivity contribution is -0.126. The molecule has 2 fully saturated rings. The SMILES string of the molecule is C=C1CCC(N2Cc3c(ccc(C[C@H]4OCCC[C@@H]4N[C@@H]4CCc5cn[nH]c5C4)c3F)C2=O)C(=O)N1. The number of aromatic amines is 1. The van der Waals surface area contributed by atoms with Crippen LogP contribution in [0.25, 0.3) is 0 Å². The third kappa shape index (κ3) is 4.24. The first-order chi connectivity index (χ1) is 17.5. The summed E-state index contributed by atoms with van der Waals surface area (Å²) in [6, 6.07) is 3.30. The molecule has 2 aromatic rings. The molecule has 1 aliphatic carbocycles. The van der Waals surface area contributed by atoms with Gasteiger partial charge in [0.25, 0.3) is 5.91 Å². The van der Waals surface area contributed by atoms with Gasteiger partial charge in [-0.05, 0) is 55.7 Å². The van der Waals surface area contributed by atoms with Gasteiger partial charge in [-0.3, -0.25) is 14.7 Å². The number of aromatic nitrogens is 2. The molecule has 8 nitrogen and oxygen atoms in total. The van der Waals surface area contributed by atoms with Crippen LogP contribution in [0.15, 0.2) is 30.6 Å². The first kappa shape index (κ1) is 23.4. The lowest BCUT2D eigenvalue weighted by Gasteiger charge is -2.36. The Morgan fingerprint density at radius 3 is 2.97 bits per heavy atom. The molecule has 1 aromatic carbocycles. The number of allylic oxidation sites excluding steroid dienone is 1. The standard InChI is InChI=1S/C27H32FN5O3/c1-15-4-9-23(26(34)30-15)33-14-20-19(27(33)35)8-6-16(25(20)28)11-24-21(3-2-10-36-24)31-18-7-5-17-13-29-32-22(17)12-18/h6,8,13,18,21,23-24,31H,1-5,7,9-12,14H2,(H,29,32)(H,30,34)/t18-,21+,23?,24-/m1/s1. The quantitative estimate of drug-likeness (QED) is 0.595. The van der Waals surface area contributed by atoms with Crippen molar-refractivity contribution >= 4 is 11.8 Å². The number of halogens is 1. The van der Waals surface area contributed by atoms with Gasteiger partial charge in [0.1, 0.15) is 11.9 Å². The molecule has 9 heteroatoms. The molecule has 36 heavy (non-hydrogen) atoms. The van der Waals surface area contributed by atoms with Crippen molar-refractivity contribution in [2.24, 2.45) is 0 Å². The largest absolute Gasteiger partial charge is 0.376 e. The lowest BCUT2D eigenvalue weighted by atomic mass is 9.90. The average Bonchev–Trinajstić information content (AvgIpc) is 3.46. The molecule has 0 saturated carbocycles. The van der Waals surface area contributed by atoms with Crippen LogP contribution in [0, 0.1) is 5.82 Å². The number of rotatable bonds is 5. The predicted octanol–water partition coefficient (Wildman–Crippen LogP) is 2.53. The van der Waals surface area contributed by atoms with Crippen LogP contribution < -0.4 is 10.6 Å². The maximum Gasteiger partial charge on any atom is 0.255 e. The number of ether oxygens (including phenoxy) is 1. The van der Waals surface area contributed by atoms with Crippen molar-refractivity contribution in [2.75, 3.05) is 6.61 Å².